The lowest BCUT2D eigenvalue weighted by atomic mass is 10.1. The van der Waals surface area contributed by atoms with Crippen molar-refractivity contribution in [2.45, 2.75) is 25.3 Å². The van der Waals surface area contributed by atoms with Crippen LogP contribution >= 0.6 is 11.6 Å². The third-order valence-corrected chi connectivity index (χ3v) is 6.06. The lowest BCUT2D eigenvalue weighted by Crippen LogP contribution is -2.30. The van der Waals surface area contributed by atoms with Crippen LogP contribution in [0.5, 0.6) is 0 Å². The molecule has 0 heterocycles. The van der Waals surface area contributed by atoms with Gasteiger partial charge in [-0.25, -0.2) is 8.42 Å². The Morgan fingerprint density at radius 1 is 0.846 bits per heavy atom. The highest BCUT2D eigenvalue weighted by molar-refractivity contribution is 7.92. The monoisotopic (exact) mass is 385 g/mol. The molecule has 0 saturated heterocycles. The van der Waals surface area contributed by atoms with Crippen LogP contribution in [0.3, 0.4) is 0 Å². The van der Waals surface area contributed by atoms with Crippen LogP contribution < -0.4 is 4.31 Å². The molecule has 3 aromatic carbocycles. The second-order valence-corrected chi connectivity index (χ2v) is 8.60. The maximum atomic E-state index is 13.3. The van der Waals surface area contributed by atoms with E-state index in [0.717, 1.165) is 16.7 Å². The predicted octanol–water partition coefficient (Wildman–Crippen LogP) is 5.35. The number of nitrogens with zero attached hydrogens (tertiary/aromatic N) is 1. The van der Waals surface area contributed by atoms with Crippen LogP contribution in [0, 0.1) is 13.8 Å². The van der Waals surface area contributed by atoms with Crippen molar-refractivity contribution in [3.63, 3.8) is 0 Å². The van der Waals surface area contributed by atoms with Gasteiger partial charge in [-0.2, -0.15) is 0 Å². The largest absolute Gasteiger partial charge is 0.264 e. The van der Waals surface area contributed by atoms with E-state index < -0.39 is 10.0 Å². The van der Waals surface area contributed by atoms with Gasteiger partial charge in [-0.05, 0) is 66.9 Å². The third kappa shape index (κ3) is 4.09. The zero-order chi connectivity index (χ0) is 18.7. The highest BCUT2D eigenvalue weighted by atomic mass is 35.5. The molecule has 0 amide bonds. The van der Waals surface area contributed by atoms with Crippen LogP contribution in [-0.2, 0) is 16.6 Å². The number of anilines is 1. The van der Waals surface area contributed by atoms with Gasteiger partial charge in [0.15, 0.2) is 0 Å². The van der Waals surface area contributed by atoms with Crippen molar-refractivity contribution in [2.75, 3.05) is 4.31 Å². The van der Waals surface area contributed by atoms with Crippen molar-refractivity contribution in [3.05, 3.63) is 94.5 Å². The van der Waals surface area contributed by atoms with E-state index in [0.29, 0.717) is 10.7 Å². The summed E-state index contributed by atoms with van der Waals surface area (Å²) in [6.07, 6.45) is 0. The summed E-state index contributed by atoms with van der Waals surface area (Å²) < 4.78 is 28.1. The van der Waals surface area contributed by atoms with E-state index >= 15 is 0 Å². The number of hydrogen-bond acceptors (Lipinski definition) is 2. The molecule has 0 radical (unpaired) electrons. The molecule has 0 atom stereocenters. The smallest absolute Gasteiger partial charge is 0.262 e. The number of rotatable bonds is 5. The first kappa shape index (κ1) is 18.5. The van der Waals surface area contributed by atoms with Crippen LogP contribution in [0.1, 0.15) is 16.7 Å². The molecule has 0 unspecified atom stereocenters. The zero-order valence-electron chi connectivity index (χ0n) is 14.7. The predicted molar refractivity (Wildman–Crippen MR) is 107 cm³/mol. The van der Waals surface area contributed by atoms with Crippen molar-refractivity contribution < 1.29 is 8.42 Å². The van der Waals surface area contributed by atoms with E-state index in [1.807, 2.05) is 44.2 Å². The first-order valence-electron chi connectivity index (χ1n) is 8.27. The van der Waals surface area contributed by atoms with Crippen LogP contribution in [0.2, 0.25) is 5.02 Å². The number of sulfonamides is 1. The minimum atomic E-state index is -3.71. The molecule has 5 heteroatoms. The molecular weight excluding hydrogens is 366 g/mol. The molecule has 0 N–H and O–H groups in total. The standard InChI is InChI=1S/C21H20ClNO2S/c1-16-11-17(2)13-20(12-16)23(15-18-7-6-8-19(22)14-18)26(24,25)21-9-4-3-5-10-21/h3-14H,15H2,1-2H3. The molecule has 26 heavy (non-hydrogen) atoms. The third-order valence-electron chi connectivity index (χ3n) is 4.04. The fourth-order valence-electron chi connectivity index (χ4n) is 2.93. The fourth-order valence-corrected chi connectivity index (χ4v) is 4.60. The Morgan fingerprint density at radius 2 is 1.50 bits per heavy atom. The van der Waals surface area contributed by atoms with Gasteiger partial charge in [0.2, 0.25) is 0 Å². The highest BCUT2D eigenvalue weighted by Crippen LogP contribution is 2.28. The lowest BCUT2D eigenvalue weighted by molar-refractivity contribution is 0.590. The van der Waals surface area contributed by atoms with E-state index in [1.165, 1.54) is 4.31 Å². The van der Waals surface area contributed by atoms with Crippen LogP contribution in [-0.4, -0.2) is 8.42 Å². The van der Waals surface area contributed by atoms with Gasteiger partial charge in [0.05, 0.1) is 17.1 Å². The fraction of sp³-hybridized carbons (Fsp3) is 0.143. The maximum Gasteiger partial charge on any atom is 0.264 e. The molecule has 0 bridgehead atoms. The van der Waals surface area contributed by atoms with Gasteiger partial charge in [-0.15, -0.1) is 0 Å². The molecule has 0 aliphatic rings. The van der Waals surface area contributed by atoms with Crippen molar-refractivity contribution >= 4 is 27.3 Å². The summed E-state index contributed by atoms with van der Waals surface area (Å²) >= 11 is 6.09. The first-order valence-corrected chi connectivity index (χ1v) is 10.1. The molecule has 0 saturated carbocycles. The van der Waals surface area contributed by atoms with Gasteiger partial charge >= 0.3 is 0 Å². The van der Waals surface area contributed by atoms with Crippen molar-refractivity contribution in [3.8, 4) is 0 Å². The minimum absolute atomic E-state index is 0.209. The summed E-state index contributed by atoms with van der Waals surface area (Å²) in [6.45, 7) is 4.13. The Labute approximate surface area is 159 Å². The number of hydrogen-bond donors (Lipinski definition) is 0. The lowest BCUT2D eigenvalue weighted by Gasteiger charge is -2.25. The van der Waals surface area contributed by atoms with Crippen molar-refractivity contribution in [2.24, 2.45) is 0 Å². The van der Waals surface area contributed by atoms with Crippen LogP contribution in [0.25, 0.3) is 0 Å². The van der Waals surface area contributed by atoms with Gasteiger partial charge in [-0.3, -0.25) is 4.31 Å². The average molecular weight is 386 g/mol. The van der Waals surface area contributed by atoms with Gasteiger partial charge in [0.1, 0.15) is 0 Å². The highest BCUT2D eigenvalue weighted by Gasteiger charge is 2.25. The minimum Gasteiger partial charge on any atom is -0.262 e. The van der Waals surface area contributed by atoms with Crippen LogP contribution in [0.15, 0.2) is 77.7 Å². The van der Waals surface area contributed by atoms with Crippen molar-refractivity contribution in [1.82, 2.24) is 0 Å². The summed E-state index contributed by atoms with van der Waals surface area (Å²) in [5.41, 5.74) is 3.50. The molecule has 0 aliphatic heterocycles. The van der Waals surface area contributed by atoms with E-state index in [-0.39, 0.29) is 11.4 Å². The van der Waals surface area contributed by atoms with Gasteiger partial charge in [0, 0.05) is 5.02 Å². The Morgan fingerprint density at radius 3 is 2.12 bits per heavy atom. The summed E-state index contributed by atoms with van der Waals surface area (Å²) in [4.78, 5) is 0.265. The molecule has 3 rings (SSSR count). The zero-order valence-corrected chi connectivity index (χ0v) is 16.3. The molecule has 3 nitrogen and oxygen atoms in total. The summed E-state index contributed by atoms with van der Waals surface area (Å²) in [6, 6.07) is 21.6. The molecule has 0 spiro atoms. The summed E-state index contributed by atoms with van der Waals surface area (Å²) in [7, 11) is -3.71. The Balaban J connectivity index is 2.12. The Bertz CT molecular complexity index is 997. The quantitative estimate of drug-likeness (QED) is 0.593. The van der Waals surface area contributed by atoms with Crippen molar-refractivity contribution in [1.29, 1.82) is 0 Å². The number of aryl methyl sites for hydroxylation is 2. The van der Waals surface area contributed by atoms with Gasteiger partial charge in [0.25, 0.3) is 10.0 Å². The summed E-state index contributed by atoms with van der Waals surface area (Å²) in [5, 5.41) is 0.583. The molecule has 3 aromatic rings. The SMILES string of the molecule is Cc1cc(C)cc(N(Cc2cccc(Cl)c2)S(=O)(=O)c2ccccc2)c1. The van der Waals surface area contributed by atoms with E-state index in [2.05, 4.69) is 0 Å². The van der Waals surface area contributed by atoms with E-state index in [4.69, 9.17) is 11.6 Å². The number of benzene rings is 3. The second kappa shape index (κ2) is 7.52. The topological polar surface area (TPSA) is 37.4 Å². The molecule has 134 valence electrons. The van der Waals surface area contributed by atoms with Gasteiger partial charge < -0.3 is 0 Å². The van der Waals surface area contributed by atoms with Gasteiger partial charge in [-0.1, -0.05) is 48.0 Å². The average Bonchev–Trinajstić information content (AvgIpc) is 2.59. The first-order chi connectivity index (χ1) is 12.4. The van der Waals surface area contributed by atoms with E-state index in [1.54, 1.807) is 42.5 Å². The molecule has 0 aromatic heterocycles. The second-order valence-electron chi connectivity index (χ2n) is 6.30. The number of halogens is 1. The summed E-state index contributed by atoms with van der Waals surface area (Å²) in [5.74, 6) is 0. The molecule has 0 fully saturated rings. The Hall–Kier alpha value is -2.30. The molecule has 0 aliphatic carbocycles. The van der Waals surface area contributed by atoms with Crippen LogP contribution in [0.4, 0.5) is 5.69 Å². The van der Waals surface area contributed by atoms with E-state index in [9.17, 15) is 8.42 Å². The molecular formula is C21H20ClNO2S. The normalized spacial score (nSPS) is 11.3. The maximum absolute atomic E-state index is 13.3. The Kier molecular flexibility index (Phi) is 5.35.